The lowest BCUT2D eigenvalue weighted by molar-refractivity contribution is -0.126. The first-order valence-electron chi connectivity index (χ1n) is 6.95. The molecular weight excluding hydrogens is 238 g/mol. The van der Waals surface area contributed by atoms with E-state index < -0.39 is 0 Å². The number of hydrogen-bond acceptors (Lipinski definition) is 3. The maximum atomic E-state index is 11.7. The Bertz CT molecular complexity index is 407. The van der Waals surface area contributed by atoms with Gasteiger partial charge in [-0.1, -0.05) is 30.3 Å². The third-order valence-corrected chi connectivity index (χ3v) is 3.81. The van der Waals surface area contributed by atoms with Crippen molar-refractivity contribution in [2.45, 2.75) is 18.9 Å². The summed E-state index contributed by atoms with van der Waals surface area (Å²) in [6.45, 7) is 2.67. The SMILES string of the molecule is CNC(=O)C1CCCN(CC(N)c2ccccc2)C1. The van der Waals surface area contributed by atoms with Gasteiger partial charge in [0.25, 0.3) is 0 Å². The van der Waals surface area contributed by atoms with E-state index in [0.717, 1.165) is 38.0 Å². The Morgan fingerprint density at radius 1 is 1.47 bits per heavy atom. The summed E-state index contributed by atoms with van der Waals surface area (Å²) in [5.74, 6) is 0.264. The molecule has 19 heavy (non-hydrogen) atoms. The van der Waals surface area contributed by atoms with Crippen molar-refractivity contribution in [1.29, 1.82) is 0 Å². The van der Waals surface area contributed by atoms with Crippen LogP contribution in [0.25, 0.3) is 0 Å². The first kappa shape index (κ1) is 14.0. The number of nitrogens with one attached hydrogen (secondary N) is 1. The minimum atomic E-state index is 0.0182. The van der Waals surface area contributed by atoms with E-state index in [-0.39, 0.29) is 17.9 Å². The maximum Gasteiger partial charge on any atom is 0.224 e. The lowest BCUT2D eigenvalue weighted by Crippen LogP contribution is -2.44. The number of carbonyl (C=O) groups excluding carboxylic acids is 1. The van der Waals surface area contributed by atoms with Crippen LogP contribution >= 0.6 is 0 Å². The van der Waals surface area contributed by atoms with E-state index in [0.29, 0.717) is 0 Å². The molecule has 0 saturated carbocycles. The zero-order valence-corrected chi connectivity index (χ0v) is 11.5. The normalized spacial score (nSPS) is 21.9. The number of piperidine rings is 1. The molecule has 0 aliphatic carbocycles. The average molecular weight is 261 g/mol. The molecule has 1 aliphatic rings. The molecule has 0 radical (unpaired) electrons. The van der Waals surface area contributed by atoms with Gasteiger partial charge in [-0.3, -0.25) is 4.79 Å². The maximum absolute atomic E-state index is 11.7. The Morgan fingerprint density at radius 3 is 2.89 bits per heavy atom. The average Bonchev–Trinajstić information content (AvgIpc) is 2.47. The van der Waals surface area contributed by atoms with Gasteiger partial charge in [-0.05, 0) is 24.9 Å². The van der Waals surface area contributed by atoms with Crippen LogP contribution in [0.1, 0.15) is 24.4 Å². The molecule has 1 fully saturated rings. The van der Waals surface area contributed by atoms with Crippen LogP contribution in [0.2, 0.25) is 0 Å². The van der Waals surface area contributed by atoms with Crippen LogP contribution in [-0.2, 0) is 4.79 Å². The Hall–Kier alpha value is -1.39. The van der Waals surface area contributed by atoms with E-state index in [2.05, 4.69) is 22.3 Å². The van der Waals surface area contributed by atoms with Crippen LogP contribution in [0.5, 0.6) is 0 Å². The van der Waals surface area contributed by atoms with Gasteiger partial charge in [0.05, 0.1) is 5.92 Å². The topological polar surface area (TPSA) is 58.4 Å². The fourth-order valence-corrected chi connectivity index (χ4v) is 2.72. The van der Waals surface area contributed by atoms with Gasteiger partial charge in [-0.25, -0.2) is 0 Å². The van der Waals surface area contributed by atoms with E-state index in [1.54, 1.807) is 7.05 Å². The first-order valence-corrected chi connectivity index (χ1v) is 6.95. The lowest BCUT2D eigenvalue weighted by Gasteiger charge is -2.33. The second kappa shape index (κ2) is 6.68. The van der Waals surface area contributed by atoms with Crippen molar-refractivity contribution in [3.63, 3.8) is 0 Å². The summed E-state index contributed by atoms with van der Waals surface area (Å²) in [4.78, 5) is 14.0. The van der Waals surface area contributed by atoms with Crippen LogP contribution in [0, 0.1) is 5.92 Å². The molecule has 1 aromatic rings. The van der Waals surface area contributed by atoms with E-state index in [9.17, 15) is 4.79 Å². The molecule has 1 aromatic carbocycles. The third-order valence-electron chi connectivity index (χ3n) is 3.81. The van der Waals surface area contributed by atoms with Gasteiger partial charge in [-0.2, -0.15) is 0 Å². The molecule has 2 atom stereocenters. The second-order valence-corrected chi connectivity index (χ2v) is 5.23. The molecule has 0 bridgehead atoms. The van der Waals surface area contributed by atoms with E-state index >= 15 is 0 Å². The molecule has 2 rings (SSSR count). The van der Waals surface area contributed by atoms with Crippen LogP contribution < -0.4 is 11.1 Å². The molecule has 104 valence electrons. The lowest BCUT2D eigenvalue weighted by atomic mass is 9.96. The second-order valence-electron chi connectivity index (χ2n) is 5.23. The largest absolute Gasteiger partial charge is 0.359 e. The summed E-state index contributed by atoms with van der Waals surface area (Å²) >= 11 is 0. The fourth-order valence-electron chi connectivity index (χ4n) is 2.72. The number of rotatable bonds is 4. The minimum Gasteiger partial charge on any atom is -0.359 e. The van der Waals surface area contributed by atoms with Crippen molar-refractivity contribution >= 4 is 5.91 Å². The van der Waals surface area contributed by atoms with Crippen molar-refractivity contribution < 1.29 is 4.79 Å². The van der Waals surface area contributed by atoms with Gasteiger partial charge in [-0.15, -0.1) is 0 Å². The Balaban J connectivity index is 1.90. The highest BCUT2D eigenvalue weighted by Gasteiger charge is 2.25. The number of nitrogens with two attached hydrogens (primary N) is 1. The standard InChI is InChI=1S/C15H23N3O/c1-17-15(19)13-8-5-9-18(10-13)11-14(16)12-6-3-2-4-7-12/h2-4,6-7,13-14H,5,8-11,16H2,1H3,(H,17,19). The molecule has 2 unspecified atom stereocenters. The Labute approximate surface area is 115 Å². The van der Waals surface area contributed by atoms with Crippen LogP contribution in [0.15, 0.2) is 30.3 Å². The van der Waals surface area contributed by atoms with Crippen molar-refractivity contribution in [2.24, 2.45) is 11.7 Å². The van der Waals surface area contributed by atoms with Crippen molar-refractivity contribution in [2.75, 3.05) is 26.7 Å². The van der Waals surface area contributed by atoms with Crippen molar-refractivity contribution in [1.82, 2.24) is 10.2 Å². The molecule has 4 nitrogen and oxygen atoms in total. The number of benzene rings is 1. The summed E-state index contributed by atoms with van der Waals surface area (Å²) < 4.78 is 0. The molecule has 1 saturated heterocycles. The highest BCUT2D eigenvalue weighted by atomic mass is 16.1. The molecule has 0 aromatic heterocycles. The monoisotopic (exact) mass is 261 g/mol. The van der Waals surface area contributed by atoms with Crippen LogP contribution in [-0.4, -0.2) is 37.5 Å². The minimum absolute atomic E-state index is 0.0182. The zero-order valence-electron chi connectivity index (χ0n) is 11.5. The van der Waals surface area contributed by atoms with Crippen molar-refractivity contribution in [3.05, 3.63) is 35.9 Å². The number of likely N-dealkylation sites (tertiary alicyclic amines) is 1. The van der Waals surface area contributed by atoms with E-state index in [1.165, 1.54) is 0 Å². The van der Waals surface area contributed by atoms with Crippen molar-refractivity contribution in [3.8, 4) is 0 Å². The summed E-state index contributed by atoms with van der Waals surface area (Å²) in [6.07, 6.45) is 2.05. The van der Waals surface area contributed by atoms with Gasteiger partial charge in [0.2, 0.25) is 5.91 Å². The highest BCUT2D eigenvalue weighted by molar-refractivity contribution is 5.78. The molecule has 0 spiro atoms. The predicted molar refractivity (Wildman–Crippen MR) is 76.6 cm³/mol. The number of carbonyl (C=O) groups is 1. The first-order chi connectivity index (χ1) is 9.20. The summed E-state index contributed by atoms with van der Waals surface area (Å²) in [7, 11) is 1.71. The Morgan fingerprint density at radius 2 is 2.21 bits per heavy atom. The van der Waals surface area contributed by atoms with Gasteiger partial charge in [0.1, 0.15) is 0 Å². The van der Waals surface area contributed by atoms with Gasteiger partial charge in [0.15, 0.2) is 0 Å². The summed E-state index contributed by atoms with van der Waals surface area (Å²) in [5.41, 5.74) is 7.39. The summed E-state index contributed by atoms with van der Waals surface area (Å²) in [6, 6.07) is 10.2. The summed E-state index contributed by atoms with van der Waals surface area (Å²) in [5, 5.41) is 2.74. The molecule has 1 amide bonds. The molecule has 1 aliphatic heterocycles. The molecule has 1 heterocycles. The predicted octanol–water partition coefficient (Wildman–Crippen LogP) is 1.14. The van der Waals surface area contributed by atoms with Crippen LogP contribution in [0.3, 0.4) is 0 Å². The Kier molecular flexibility index (Phi) is 4.93. The van der Waals surface area contributed by atoms with E-state index in [4.69, 9.17) is 5.73 Å². The van der Waals surface area contributed by atoms with Gasteiger partial charge < -0.3 is 16.0 Å². The third kappa shape index (κ3) is 3.78. The van der Waals surface area contributed by atoms with Gasteiger partial charge >= 0.3 is 0 Å². The van der Waals surface area contributed by atoms with Gasteiger partial charge in [0, 0.05) is 26.2 Å². The van der Waals surface area contributed by atoms with E-state index in [1.807, 2.05) is 18.2 Å². The molecule has 4 heteroatoms. The zero-order chi connectivity index (χ0) is 13.7. The van der Waals surface area contributed by atoms with Crippen LogP contribution in [0.4, 0.5) is 0 Å². The molecule has 3 N–H and O–H groups in total. The number of nitrogens with zero attached hydrogens (tertiary/aromatic N) is 1. The fraction of sp³-hybridized carbons (Fsp3) is 0.533. The highest BCUT2D eigenvalue weighted by Crippen LogP contribution is 2.19. The number of amides is 1. The molecular formula is C15H23N3O. The smallest absolute Gasteiger partial charge is 0.224 e. The number of hydrogen-bond donors (Lipinski definition) is 2. The quantitative estimate of drug-likeness (QED) is 0.854.